The zero-order valence-electron chi connectivity index (χ0n) is 13.6. The van der Waals surface area contributed by atoms with E-state index in [9.17, 15) is 19.2 Å². The van der Waals surface area contributed by atoms with Gasteiger partial charge in [-0.1, -0.05) is 0 Å². The van der Waals surface area contributed by atoms with Gasteiger partial charge in [-0.15, -0.1) is 0 Å². The minimum absolute atomic E-state index is 0.0373. The average Bonchev–Trinajstić information content (AvgIpc) is 3.02. The number of hydrogen-bond acceptors (Lipinski definition) is 6. The fraction of sp³-hybridized carbons (Fsp3) is 0.500. The highest BCUT2D eigenvalue weighted by Gasteiger charge is 2.28. The van der Waals surface area contributed by atoms with Crippen molar-refractivity contribution in [1.29, 1.82) is 0 Å². The number of amides is 2. The van der Waals surface area contributed by atoms with Crippen molar-refractivity contribution in [1.82, 2.24) is 20.6 Å². The second-order valence-electron chi connectivity index (χ2n) is 5.46. The van der Waals surface area contributed by atoms with E-state index in [1.165, 1.54) is 19.4 Å². The van der Waals surface area contributed by atoms with Gasteiger partial charge in [0, 0.05) is 24.7 Å². The summed E-state index contributed by atoms with van der Waals surface area (Å²) in [6.45, 7) is 1.44. The van der Waals surface area contributed by atoms with Gasteiger partial charge in [0.1, 0.15) is 12.1 Å². The summed E-state index contributed by atoms with van der Waals surface area (Å²) in [6, 6.07) is -3.34. The molecule has 7 N–H and O–H groups in total. The van der Waals surface area contributed by atoms with Crippen molar-refractivity contribution in [2.75, 3.05) is 0 Å². The molecule has 3 unspecified atom stereocenters. The van der Waals surface area contributed by atoms with Crippen LogP contribution >= 0.6 is 0 Å². The first-order valence-electron chi connectivity index (χ1n) is 7.49. The predicted molar refractivity (Wildman–Crippen MR) is 84.3 cm³/mol. The van der Waals surface area contributed by atoms with Gasteiger partial charge in [0.25, 0.3) is 0 Å². The third-order valence-electron chi connectivity index (χ3n) is 3.29. The molecule has 25 heavy (non-hydrogen) atoms. The summed E-state index contributed by atoms with van der Waals surface area (Å²) in [7, 11) is 0. The van der Waals surface area contributed by atoms with E-state index in [2.05, 4.69) is 20.6 Å². The van der Waals surface area contributed by atoms with Crippen LogP contribution in [0.2, 0.25) is 0 Å². The summed E-state index contributed by atoms with van der Waals surface area (Å²) >= 11 is 0. The molecule has 0 bridgehead atoms. The number of carbonyl (C=O) groups excluding carboxylic acids is 2. The van der Waals surface area contributed by atoms with Gasteiger partial charge < -0.3 is 31.6 Å². The topological polar surface area (TPSA) is 187 Å². The van der Waals surface area contributed by atoms with Crippen LogP contribution in [0.15, 0.2) is 12.5 Å². The predicted octanol–water partition coefficient (Wildman–Crippen LogP) is -1.78. The smallest absolute Gasteiger partial charge is 0.326 e. The largest absolute Gasteiger partial charge is 0.481 e. The molecule has 0 aliphatic rings. The third-order valence-corrected chi connectivity index (χ3v) is 3.29. The Morgan fingerprint density at radius 3 is 2.32 bits per heavy atom. The Bertz CT molecular complexity index is 615. The molecule has 2 amide bonds. The molecule has 0 aromatic carbocycles. The van der Waals surface area contributed by atoms with Crippen LogP contribution in [0.4, 0.5) is 0 Å². The highest BCUT2D eigenvalue weighted by molar-refractivity contribution is 5.91. The number of aromatic amines is 1. The fourth-order valence-electron chi connectivity index (χ4n) is 1.93. The number of nitrogens with one attached hydrogen (secondary N) is 3. The molecule has 0 saturated carbocycles. The number of aliphatic carboxylic acids is 2. The van der Waals surface area contributed by atoms with Crippen LogP contribution < -0.4 is 16.4 Å². The van der Waals surface area contributed by atoms with Crippen molar-refractivity contribution in [3.63, 3.8) is 0 Å². The van der Waals surface area contributed by atoms with Gasteiger partial charge in [0.05, 0.1) is 12.4 Å². The van der Waals surface area contributed by atoms with Crippen LogP contribution in [0, 0.1) is 0 Å². The number of carboxylic acid groups (broad SMARTS) is 2. The van der Waals surface area contributed by atoms with Gasteiger partial charge in [0.2, 0.25) is 11.8 Å². The quantitative estimate of drug-likeness (QED) is 0.284. The maximum Gasteiger partial charge on any atom is 0.326 e. The molecule has 138 valence electrons. The number of rotatable bonds is 10. The Hall–Kier alpha value is -2.95. The van der Waals surface area contributed by atoms with E-state index >= 15 is 0 Å². The summed E-state index contributed by atoms with van der Waals surface area (Å²) in [4.78, 5) is 52.5. The molecule has 1 heterocycles. The van der Waals surface area contributed by atoms with E-state index in [0.29, 0.717) is 5.69 Å². The van der Waals surface area contributed by atoms with Gasteiger partial charge in [-0.05, 0) is 13.3 Å². The molecule has 11 heteroatoms. The maximum atomic E-state index is 12.4. The van der Waals surface area contributed by atoms with Gasteiger partial charge in [-0.2, -0.15) is 0 Å². The van der Waals surface area contributed by atoms with Crippen LogP contribution in [-0.4, -0.2) is 62.1 Å². The van der Waals surface area contributed by atoms with E-state index in [-0.39, 0.29) is 12.8 Å². The summed E-state index contributed by atoms with van der Waals surface area (Å²) in [5.41, 5.74) is 6.01. The lowest BCUT2D eigenvalue weighted by molar-refractivity contribution is -0.143. The SMILES string of the molecule is CC(N)C(=O)NC(Cc1cnc[nH]1)C(=O)NC(CCC(=O)O)C(=O)O. The van der Waals surface area contributed by atoms with Gasteiger partial charge in [-0.3, -0.25) is 14.4 Å². The second-order valence-corrected chi connectivity index (χ2v) is 5.46. The molecule has 0 radical (unpaired) electrons. The lowest BCUT2D eigenvalue weighted by Crippen LogP contribution is -2.54. The normalized spacial score (nSPS) is 14.2. The van der Waals surface area contributed by atoms with Crippen molar-refractivity contribution in [2.24, 2.45) is 5.73 Å². The van der Waals surface area contributed by atoms with Crippen molar-refractivity contribution >= 4 is 23.8 Å². The maximum absolute atomic E-state index is 12.4. The molecule has 1 aromatic heterocycles. The first kappa shape index (κ1) is 20.1. The number of carboxylic acids is 2. The Morgan fingerprint density at radius 2 is 1.84 bits per heavy atom. The molecule has 1 rings (SSSR count). The summed E-state index contributed by atoms with van der Waals surface area (Å²) in [6.07, 6.45) is 2.18. The lowest BCUT2D eigenvalue weighted by atomic mass is 10.1. The van der Waals surface area contributed by atoms with E-state index in [0.717, 1.165) is 0 Å². The molecule has 0 fully saturated rings. The molecular formula is C14H21N5O6. The fourth-order valence-corrected chi connectivity index (χ4v) is 1.93. The molecule has 0 saturated heterocycles. The third kappa shape index (κ3) is 6.99. The van der Waals surface area contributed by atoms with Gasteiger partial charge in [-0.25, -0.2) is 9.78 Å². The van der Waals surface area contributed by atoms with Crippen LogP contribution in [0.5, 0.6) is 0 Å². The Kier molecular flexibility index (Phi) is 7.53. The summed E-state index contributed by atoms with van der Waals surface area (Å²) in [5.74, 6) is -3.90. The number of carbonyl (C=O) groups is 4. The highest BCUT2D eigenvalue weighted by atomic mass is 16.4. The monoisotopic (exact) mass is 355 g/mol. The first-order chi connectivity index (χ1) is 11.7. The van der Waals surface area contributed by atoms with Crippen LogP contribution in [0.25, 0.3) is 0 Å². The number of nitrogens with two attached hydrogens (primary N) is 1. The van der Waals surface area contributed by atoms with E-state index < -0.39 is 48.3 Å². The van der Waals surface area contributed by atoms with Crippen molar-refractivity contribution in [2.45, 2.75) is 44.3 Å². The number of aromatic nitrogens is 2. The van der Waals surface area contributed by atoms with Gasteiger partial charge >= 0.3 is 11.9 Å². The Morgan fingerprint density at radius 1 is 1.20 bits per heavy atom. The second kappa shape index (κ2) is 9.37. The lowest BCUT2D eigenvalue weighted by Gasteiger charge is -2.21. The molecule has 3 atom stereocenters. The standard InChI is InChI=1S/C14H21N5O6/c1-7(15)12(22)19-10(4-8-5-16-6-17-8)13(23)18-9(14(24)25)2-3-11(20)21/h5-7,9-10H,2-4,15H2,1H3,(H,16,17)(H,18,23)(H,19,22)(H,20,21)(H,24,25). The summed E-state index contributed by atoms with van der Waals surface area (Å²) in [5, 5.41) is 22.4. The number of hydrogen-bond donors (Lipinski definition) is 6. The Balaban J connectivity index is 2.83. The molecule has 11 nitrogen and oxygen atoms in total. The van der Waals surface area contributed by atoms with E-state index in [1.54, 1.807) is 0 Å². The number of imidazole rings is 1. The first-order valence-corrected chi connectivity index (χ1v) is 7.49. The van der Waals surface area contributed by atoms with Crippen molar-refractivity contribution in [3.05, 3.63) is 18.2 Å². The highest BCUT2D eigenvalue weighted by Crippen LogP contribution is 2.03. The zero-order chi connectivity index (χ0) is 19.0. The Labute approximate surface area is 143 Å². The molecule has 1 aromatic rings. The van der Waals surface area contributed by atoms with E-state index in [4.69, 9.17) is 15.9 Å². The zero-order valence-corrected chi connectivity index (χ0v) is 13.6. The molecular weight excluding hydrogens is 334 g/mol. The van der Waals surface area contributed by atoms with E-state index in [1.807, 2.05) is 0 Å². The summed E-state index contributed by atoms with van der Waals surface area (Å²) < 4.78 is 0. The molecule has 0 aliphatic carbocycles. The van der Waals surface area contributed by atoms with Crippen LogP contribution in [0.1, 0.15) is 25.5 Å². The number of H-pyrrole nitrogens is 1. The van der Waals surface area contributed by atoms with Crippen LogP contribution in [0.3, 0.4) is 0 Å². The van der Waals surface area contributed by atoms with Gasteiger partial charge in [0.15, 0.2) is 0 Å². The van der Waals surface area contributed by atoms with Crippen molar-refractivity contribution < 1.29 is 29.4 Å². The molecule has 0 aliphatic heterocycles. The average molecular weight is 355 g/mol. The minimum atomic E-state index is -1.39. The van der Waals surface area contributed by atoms with Crippen molar-refractivity contribution in [3.8, 4) is 0 Å². The van der Waals surface area contributed by atoms with Crippen LogP contribution in [-0.2, 0) is 25.6 Å². The minimum Gasteiger partial charge on any atom is -0.481 e. The number of nitrogens with zero attached hydrogens (tertiary/aromatic N) is 1. The molecule has 0 spiro atoms.